The van der Waals surface area contributed by atoms with Gasteiger partial charge in [-0.25, -0.2) is 9.59 Å². The van der Waals surface area contributed by atoms with E-state index in [0.29, 0.717) is 6.54 Å². The fraction of sp³-hybridized carbons (Fsp3) is 0.500. The van der Waals surface area contributed by atoms with Gasteiger partial charge in [0.1, 0.15) is 0 Å². The molecule has 0 radical (unpaired) electrons. The number of aryl methyl sites for hydroxylation is 1. The molecule has 0 aliphatic rings. The van der Waals surface area contributed by atoms with Crippen LogP contribution in [0.5, 0.6) is 0 Å². The van der Waals surface area contributed by atoms with Crippen molar-refractivity contribution < 1.29 is 19.5 Å². The van der Waals surface area contributed by atoms with Gasteiger partial charge in [0.15, 0.2) is 0 Å². The number of unbranched alkanes of at least 4 members (excludes halogenated alkanes) is 1. The molecular formula is C18H28N4O4. The molecule has 1 aromatic carbocycles. The van der Waals surface area contributed by atoms with Crippen LogP contribution < -0.4 is 21.3 Å². The average Bonchev–Trinajstić information content (AvgIpc) is 2.56. The van der Waals surface area contributed by atoms with Crippen molar-refractivity contribution in [1.82, 2.24) is 16.0 Å². The number of carboxylic acid groups (broad SMARTS) is 1. The highest BCUT2D eigenvalue weighted by Gasteiger charge is 2.07. The highest BCUT2D eigenvalue weighted by atomic mass is 16.4. The largest absolute Gasteiger partial charge is 0.481 e. The van der Waals surface area contributed by atoms with E-state index in [-0.39, 0.29) is 31.1 Å². The molecule has 0 aliphatic carbocycles. The van der Waals surface area contributed by atoms with Crippen LogP contribution in [0.1, 0.15) is 38.2 Å². The lowest BCUT2D eigenvalue weighted by molar-refractivity contribution is -0.136. The normalized spacial score (nSPS) is 11.3. The molecule has 0 aliphatic heterocycles. The second kappa shape index (κ2) is 11.7. The minimum atomic E-state index is -0.947. The Morgan fingerprint density at radius 1 is 1.00 bits per heavy atom. The SMILES string of the molecule is Cc1ccc(NC(=O)NCCCCC(C)NC(=O)NCCC(=O)O)cc1. The zero-order valence-corrected chi connectivity index (χ0v) is 15.3. The second-order valence-corrected chi connectivity index (χ2v) is 6.19. The van der Waals surface area contributed by atoms with Crippen molar-refractivity contribution in [3.63, 3.8) is 0 Å². The van der Waals surface area contributed by atoms with Crippen molar-refractivity contribution in [1.29, 1.82) is 0 Å². The molecule has 1 unspecified atom stereocenters. The predicted molar refractivity (Wildman–Crippen MR) is 100 cm³/mol. The number of carbonyl (C=O) groups is 3. The Kier molecular flexibility index (Phi) is 9.59. The van der Waals surface area contributed by atoms with Gasteiger partial charge < -0.3 is 26.4 Å². The van der Waals surface area contributed by atoms with Crippen molar-refractivity contribution >= 4 is 23.7 Å². The fourth-order valence-corrected chi connectivity index (χ4v) is 2.22. The van der Waals surface area contributed by atoms with Crippen LogP contribution >= 0.6 is 0 Å². The van der Waals surface area contributed by atoms with Gasteiger partial charge in [0.2, 0.25) is 0 Å². The molecule has 0 saturated carbocycles. The molecule has 26 heavy (non-hydrogen) atoms. The van der Waals surface area contributed by atoms with Crippen LogP contribution in [-0.2, 0) is 4.79 Å². The predicted octanol–water partition coefficient (Wildman–Crippen LogP) is 2.45. The Hall–Kier alpha value is -2.77. The van der Waals surface area contributed by atoms with Gasteiger partial charge in [-0.2, -0.15) is 0 Å². The average molecular weight is 364 g/mol. The second-order valence-electron chi connectivity index (χ2n) is 6.19. The Morgan fingerprint density at radius 2 is 1.65 bits per heavy atom. The summed E-state index contributed by atoms with van der Waals surface area (Å²) in [4.78, 5) is 33.6. The summed E-state index contributed by atoms with van der Waals surface area (Å²) < 4.78 is 0. The summed E-state index contributed by atoms with van der Waals surface area (Å²) in [7, 11) is 0. The Balaban J connectivity index is 2.06. The van der Waals surface area contributed by atoms with Crippen LogP contribution in [0.25, 0.3) is 0 Å². The van der Waals surface area contributed by atoms with E-state index in [2.05, 4.69) is 21.3 Å². The summed E-state index contributed by atoms with van der Waals surface area (Å²) in [5.41, 5.74) is 1.88. The monoisotopic (exact) mass is 364 g/mol. The van der Waals surface area contributed by atoms with Gasteiger partial charge in [-0.05, 0) is 45.2 Å². The molecule has 1 atom stereocenters. The minimum absolute atomic E-state index is 0.0267. The molecule has 0 spiro atoms. The molecule has 0 bridgehead atoms. The van der Waals surface area contributed by atoms with Gasteiger partial charge >= 0.3 is 18.0 Å². The number of carbonyl (C=O) groups excluding carboxylic acids is 2. The Labute approximate surface area is 153 Å². The molecule has 0 fully saturated rings. The molecule has 8 nitrogen and oxygen atoms in total. The first-order valence-electron chi connectivity index (χ1n) is 8.74. The minimum Gasteiger partial charge on any atom is -0.481 e. The fourth-order valence-electron chi connectivity index (χ4n) is 2.22. The van der Waals surface area contributed by atoms with Gasteiger partial charge in [-0.1, -0.05) is 17.7 Å². The molecular weight excluding hydrogens is 336 g/mol. The van der Waals surface area contributed by atoms with E-state index in [1.807, 2.05) is 38.1 Å². The number of aliphatic carboxylic acids is 1. The summed E-state index contributed by atoms with van der Waals surface area (Å²) in [6.45, 7) is 4.52. The number of amides is 4. The van der Waals surface area contributed by atoms with Crippen molar-refractivity contribution in [2.24, 2.45) is 0 Å². The maximum absolute atomic E-state index is 11.8. The molecule has 0 saturated heterocycles. The molecule has 8 heteroatoms. The third-order valence-electron chi connectivity index (χ3n) is 3.66. The van der Waals surface area contributed by atoms with Crippen molar-refractivity contribution in [2.45, 2.75) is 45.6 Å². The first-order chi connectivity index (χ1) is 12.4. The van der Waals surface area contributed by atoms with E-state index in [1.165, 1.54) is 0 Å². The summed E-state index contributed by atoms with van der Waals surface area (Å²) in [6, 6.07) is 6.94. The standard InChI is InChI=1S/C18H28N4O4/c1-13-6-8-15(9-7-13)22-18(26)19-11-4-3-5-14(2)21-17(25)20-12-10-16(23)24/h6-9,14H,3-5,10-12H2,1-2H3,(H,23,24)(H2,19,22,26)(H2,20,21,25). The lowest BCUT2D eigenvalue weighted by Gasteiger charge is -2.14. The smallest absolute Gasteiger partial charge is 0.319 e. The summed E-state index contributed by atoms with van der Waals surface area (Å²) >= 11 is 0. The molecule has 144 valence electrons. The van der Waals surface area contributed by atoms with Crippen LogP contribution in [-0.4, -0.2) is 42.3 Å². The van der Waals surface area contributed by atoms with Crippen molar-refractivity contribution in [3.05, 3.63) is 29.8 Å². The molecule has 1 rings (SSSR count). The van der Waals surface area contributed by atoms with E-state index < -0.39 is 5.97 Å². The number of urea groups is 2. The molecule has 0 heterocycles. The van der Waals surface area contributed by atoms with Crippen LogP contribution in [0.4, 0.5) is 15.3 Å². The number of hydrogen-bond donors (Lipinski definition) is 5. The summed E-state index contributed by atoms with van der Waals surface area (Å²) in [6.07, 6.45) is 2.32. The van der Waals surface area contributed by atoms with Crippen molar-refractivity contribution in [3.8, 4) is 0 Å². The van der Waals surface area contributed by atoms with Gasteiger partial charge in [0.05, 0.1) is 6.42 Å². The maximum atomic E-state index is 11.8. The van der Waals surface area contributed by atoms with Gasteiger partial charge in [-0.15, -0.1) is 0 Å². The number of rotatable bonds is 10. The molecule has 4 amide bonds. The highest BCUT2D eigenvalue weighted by Crippen LogP contribution is 2.08. The summed E-state index contributed by atoms with van der Waals surface area (Å²) in [5.74, 6) is -0.947. The van der Waals surface area contributed by atoms with E-state index in [9.17, 15) is 14.4 Å². The van der Waals surface area contributed by atoms with E-state index in [1.54, 1.807) is 0 Å². The number of hydrogen-bond acceptors (Lipinski definition) is 3. The molecule has 1 aromatic rings. The topological polar surface area (TPSA) is 120 Å². The maximum Gasteiger partial charge on any atom is 0.319 e. The zero-order chi connectivity index (χ0) is 19.4. The number of anilines is 1. The van der Waals surface area contributed by atoms with Crippen LogP contribution in [0, 0.1) is 6.92 Å². The third kappa shape index (κ3) is 10.2. The quantitative estimate of drug-likeness (QED) is 0.410. The molecule has 0 aromatic heterocycles. The highest BCUT2D eigenvalue weighted by molar-refractivity contribution is 5.89. The van der Waals surface area contributed by atoms with E-state index in [4.69, 9.17) is 5.11 Å². The number of carboxylic acids is 1. The van der Waals surface area contributed by atoms with Gasteiger partial charge in [0, 0.05) is 24.8 Å². The summed E-state index contributed by atoms with van der Waals surface area (Å²) in [5, 5.41) is 19.3. The lowest BCUT2D eigenvalue weighted by atomic mass is 10.1. The van der Waals surface area contributed by atoms with Gasteiger partial charge in [-0.3, -0.25) is 4.79 Å². The van der Waals surface area contributed by atoms with Crippen molar-refractivity contribution in [2.75, 3.05) is 18.4 Å². The van der Waals surface area contributed by atoms with E-state index >= 15 is 0 Å². The van der Waals surface area contributed by atoms with Gasteiger partial charge in [0.25, 0.3) is 0 Å². The first kappa shape index (κ1) is 21.3. The Morgan fingerprint density at radius 3 is 2.31 bits per heavy atom. The van der Waals surface area contributed by atoms with Crippen LogP contribution in [0.15, 0.2) is 24.3 Å². The Bertz CT molecular complexity index is 589. The van der Waals surface area contributed by atoms with E-state index in [0.717, 1.165) is 30.5 Å². The molecule has 5 N–H and O–H groups in total. The third-order valence-corrected chi connectivity index (χ3v) is 3.66. The van der Waals surface area contributed by atoms with Crippen LogP contribution in [0.3, 0.4) is 0 Å². The first-order valence-corrected chi connectivity index (χ1v) is 8.74. The number of nitrogens with one attached hydrogen (secondary N) is 4. The number of benzene rings is 1. The van der Waals surface area contributed by atoms with Crippen LogP contribution in [0.2, 0.25) is 0 Å². The lowest BCUT2D eigenvalue weighted by Crippen LogP contribution is -2.41. The zero-order valence-electron chi connectivity index (χ0n) is 15.3.